The fourth-order valence-corrected chi connectivity index (χ4v) is 3.33. The molecule has 2 aromatic rings. The highest BCUT2D eigenvalue weighted by atomic mass is 32.2. The number of hydrogen-bond acceptors (Lipinski definition) is 4. The minimum absolute atomic E-state index is 0.00999. The molecule has 0 bridgehead atoms. The molecule has 2 N–H and O–H groups in total. The van der Waals surface area contributed by atoms with Crippen LogP contribution in [0.5, 0.6) is 5.75 Å². The second-order valence-electron chi connectivity index (χ2n) is 5.48. The molecule has 2 aromatic carbocycles. The number of sulfonamides is 1. The Morgan fingerprint density at radius 3 is 2.44 bits per heavy atom. The van der Waals surface area contributed by atoms with Gasteiger partial charge in [0.15, 0.2) is 5.75 Å². The zero-order valence-electron chi connectivity index (χ0n) is 14.4. The van der Waals surface area contributed by atoms with Gasteiger partial charge in [0.2, 0.25) is 10.0 Å². The lowest BCUT2D eigenvalue weighted by Crippen LogP contribution is -2.24. The number of aryl methyl sites for hydroxylation is 1. The predicted molar refractivity (Wildman–Crippen MR) is 93.1 cm³/mol. The molecule has 0 radical (unpaired) electrons. The molecule has 0 aliphatic rings. The Hall–Kier alpha value is -2.59. The molecule has 10 heteroatoms. The van der Waals surface area contributed by atoms with Crippen molar-refractivity contribution in [2.45, 2.75) is 25.1 Å². The van der Waals surface area contributed by atoms with Crippen LogP contribution in [0, 0.1) is 6.92 Å². The molecule has 1 amide bonds. The summed E-state index contributed by atoms with van der Waals surface area (Å²) in [5.41, 5.74) is 0.270. The highest BCUT2D eigenvalue weighted by Gasteiger charge is 2.32. The molecule has 0 aliphatic carbocycles. The number of halogens is 3. The molecule has 0 fully saturated rings. The molecule has 0 saturated heterocycles. The second kappa shape index (κ2) is 7.97. The van der Waals surface area contributed by atoms with E-state index in [2.05, 4.69) is 14.8 Å². The molecule has 0 saturated carbocycles. The third-order valence-corrected chi connectivity index (χ3v) is 5.00. The van der Waals surface area contributed by atoms with Crippen molar-refractivity contribution in [3.63, 3.8) is 0 Å². The first-order valence-electron chi connectivity index (χ1n) is 7.80. The van der Waals surface area contributed by atoms with Crippen LogP contribution < -0.4 is 14.8 Å². The topological polar surface area (TPSA) is 84.5 Å². The highest BCUT2D eigenvalue weighted by molar-refractivity contribution is 7.89. The van der Waals surface area contributed by atoms with Crippen LogP contribution in [-0.2, 0) is 10.0 Å². The minimum Gasteiger partial charge on any atom is -0.404 e. The number of carbonyl (C=O) groups excluding carboxylic acids is 1. The summed E-state index contributed by atoms with van der Waals surface area (Å²) < 4.78 is 67.9. The van der Waals surface area contributed by atoms with Crippen LogP contribution in [0.1, 0.15) is 22.8 Å². The number of ether oxygens (including phenoxy) is 1. The fourth-order valence-electron chi connectivity index (χ4n) is 2.26. The van der Waals surface area contributed by atoms with Crippen molar-refractivity contribution in [3.05, 3.63) is 53.6 Å². The quantitative estimate of drug-likeness (QED) is 0.775. The Morgan fingerprint density at radius 2 is 1.81 bits per heavy atom. The molecular formula is C17H17F3N2O4S. The lowest BCUT2D eigenvalue weighted by atomic mass is 10.1. The molecule has 0 spiro atoms. The molecule has 27 heavy (non-hydrogen) atoms. The van der Waals surface area contributed by atoms with Crippen LogP contribution in [0.4, 0.5) is 18.9 Å². The maximum Gasteiger partial charge on any atom is 0.573 e. The fraction of sp³-hybridized carbons (Fsp3) is 0.235. The minimum atomic E-state index is -4.92. The number of para-hydroxylation sites is 2. The Labute approximate surface area is 154 Å². The summed E-state index contributed by atoms with van der Waals surface area (Å²) in [5.74, 6) is -1.34. The van der Waals surface area contributed by atoms with Gasteiger partial charge in [0, 0.05) is 12.1 Å². The number of alkyl halides is 3. The summed E-state index contributed by atoms with van der Waals surface area (Å²) in [6.45, 7) is 3.35. The molecule has 6 nitrogen and oxygen atoms in total. The van der Waals surface area contributed by atoms with Gasteiger partial charge in [0.1, 0.15) is 0 Å². The van der Waals surface area contributed by atoms with Gasteiger partial charge in [-0.25, -0.2) is 13.1 Å². The Kier molecular flexibility index (Phi) is 6.11. The molecule has 0 aliphatic heterocycles. The summed E-state index contributed by atoms with van der Waals surface area (Å²) in [7, 11) is -3.79. The van der Waals surface area contributed by atoms with E-state index in [4.69, 9.17) is 0 Å². The molecule has 146 valence electrons. The largest absolute Gasteiger partial charge is 0.573 e. The lowest BCUT2D eigenvalue weighted by Gasteiger charge is -2.15. The lowest BCUT2D eigenvalue weighted by molar-refractivity contribution is -0.274. The third kappa shape index (κ3) is 5.44. The average molecular weight is 402 g/mol. The first-order valence-corrected chi connectivity index (χ1v) is 9.28. The van der Waals surface area contributed by atoms with Gasteiger partial charge in [-0.15, -0.1) is 13.2 Å². The predicted octanol–water partition coefficient (Wildman–Crippen LogP) is 3.44. The van der Waals surface area contributed by atoms with Crippen molar-refractivity contribution in [2.24, 2.45) is 0 Å². The van der Waals surface area contributed by atoms with E-state index < -0.39 is 28.0 Å². The highest BCUT2D eigenvalue weighted by Crippen LogP contribution is 2.30. The maximum atomic E-state index is 12.5. The van der Waals surface area contributed by atoms with Crippen molar-refractivity contribution >= 4 is 21.6 Å². The van der Waals surface area contributed by atoms with Crippen LogP contribution in [0.25, 0.3) is 0 Å². The third-order valence-electron chi connectivity index (χ3n) is 3.46. The van der Waals surface area contributed by atoms with E-state index in [1.54, 1.807) is 13.8 Å². The van der Waals surface area contributed by atoms with Gasteiger partial charge in [-0.05, 0) is 36.8 Å². The molecule has 0 unspecified atom stereocenters. The molecule has 0 heterocycles. The zero-order valence-corrected chi connectivity index (χ0v) is 15.2. The first-order chi connectivity index (χ1) is 12.5. The summed E-state index contributed by atoms with van der Waals surface area (Å²) >= 11 is 0. The van der Waals surface area contributed by atoms with E-state index >= 15 is 0 Å². The number of benzene rings is 2. The molecular weight excluding hydrogens is 385 g/mol. The average Bonchev–Trinajstić information content (AvgIpc) is 2.55. The number of rotatable bonds is 6. The second-order valence-corrected chi connectivity index (χ2v) is 7.24. The van der Waals surface area contributed by atoms with Crippen molar-refractivity contribution in [1.82, 2.24) is 4.72 Å². The van der Waals surface area contributed by atoms with Crippen LogP contribution in [0.3, 0.4) is 0 Å². The van der Waals surface area contributed by atoms with Gasteiger partial charge >= 0.3 is 6.36 Å². The Balaban J connectivity index is 2.35. The summed E-state index contributed by atoms with van der Waals surface area (Å²) in [6.07, 6.45) is -4.92. The summed E-state index contributed by atoms with van der Waals surface area (Å²) in [6, 6.07) is 9.00. The van der Waals surface area contributed by atoms with Crippen LogP contribution in [0.15, 0.2) is 47.4 Å². The van der Waals surface area contributed by atoms with Gasteiger partial charge in [0.25, 0.3) is 5.91 Å². The van der Waals surface area contributed by atoms with Crippen molar-refractivity contribution < 1.29 is 31.1 Å². The van der Waals surface area contributed by atoms with Gasteiger partial charge < -0.3 is 10.1 Å². The number of nitrogens with one attached hydrogen (secondary N) is 2. The first kappa shape index (κ1) is 20.7. The smallest absolute Gasteiger partial charge is 0.404 e. The van der Waals surface area contributed by atoms with Gasteiger partial charge in [-0.2, -0.15) is 0 Å². The standard InChI is InChI=1S/C17H17F3N2O4S/c1-3-21-27(24,25)12-9-8-11(2)13(10-12)16(23)22-14-6-4-5-7-15(14)26-17(18,19)20/h4-10,21H,3H2,1-2H3,(H,22,23). The summed E-state index contributed by atoms with van der Waals surface area (Å²) in [5, 5.41) is 2.32. The Bertz CT molecular complexity index is 943. The van der Waals surface area contributed by atoms with Crippen molar-refractivity contribution in [1.29, 1.82) is 0 Å². The number of amides is 1. The van der Waals surface area contributed by atoms with E-state index in [-0.39, 0.29) is 22.7 Å². The van der Waals surface area contributed by atoms with E-state index in [0.29, 0.717) is 5.56 Å². The number of carbonyl (C=O) groups is 1. The van der Waals surface area contributed by atoms with Gasteiger partial charge in [-0.3, -0.25) is 4.79 Å². The normalized spacial score (nSPS) is 11.9. The SMILES string of the molecule is CCNS(=O)(=O)c1ccc(C)c(C(=O)Nc2ccccc2OC(F)(F)F)c1. The van der Waals surface area contributed by atoms with Crippen molar-refractivity contribution in [2.75, 3.05) is 11.9 Å². The number of anilines is 1. The molecule has 2 rings (SSSR count). The number of hydrogen-bond donors (Lipinski definition) is 2. The maximum absolute atomic E-state index is 12.5. The zero-order chi connectivity index (χ0) is 20.2. The monoisotopic (exact) mass is 402 g/mol. The van der Waals surface area contributed by atoms with Crippen LogP contribution in [0.2, 0.25) is 0 Å². The summed E-state index contributed by atoms with van der Waals surface area (Å²) in [4.78, 5) is 12.4. The molecule has 0 aromatic heterocycles. The van der Waals surface area contributed by atoms with Crippen molar-refractivity contribution in [3.8, 4) is 5.75 Å². The van der Waals surface area contributed by atoms with Gasteiger partial charge in [0.05, 0.1) is 10.6 Å². The van der Waals surface area contributed by atoms with E-state index in [0.717, 1.165) is 12.1 Å². The van der Waals surface area contributed by atoms with E-state index in [1.807, 2.05) is 0 Å². The van der Waals surface area contributed by atoms with E-state index in [1.165, 1.54) is 30.3 Å². The van der Waals surface area contributed by atoms with Crippen LogP contribution >= 0.6 is 0 Å². The van der Waals surface area contributed by atoms with Gasteiger partial charge in [-0.1, -0.05) is 25.1 Å². The molecule has 0 atom stereocenters. The Morgan fingerprint density at radius 1 is 1.15 bits per heavy atom. The van der Waals surface area contributed by atoms with E-state index in [9.17, 15) is 26.4 Å². The van der Waals surface area contributed by atoms with Crippen LogP contribution in [-0.4, -0.2) is 27.2 Å².